The molecule has 0 aromatic heterocycles. The lowest BCUT2D eigenvalue weighted by Crippen LogP contribution is -2.37. The minimum Gasteiger partial charge on any atom is -0.378 e. The summed E-state index contributed by atoms with van der Waals surface area (Å²) >= 11 is 0. The van der Waals surface area contributed by atoms with E-state index < -0.39 is 10.0 Å². The average molecular weight is 466 g/mol. The maximum absolute atomic E-state index is 13.0. The summed E-state index contributed by atoms with van der Waals surface area (Å²) < 4.78 is 33.2. The van der Waals surface area contributed by atoms with Gasteiger partial charge in [-0.25, -0.2) is 8.42 Å². The van der Waals surface area contributed by atoms with Crippen LogP contribution in [-0.4, -0.2) is 52.6 Å². The van der Waals surface area contributed by atoms with Crippen molar-refractivity contribution in [2.75, 3.05) is 43.0 Å². The molecule has 1 amide bonds. The highest BCUT2D eigenvalue weighted by Crippen LogP contribution is 2.23. The number of morpholine rings is 1. The van der Waals surface area contributed by atoms with E-state index in [1.807, 2.05) is 24.3 Å². The number of para-hydroxylation sites is 2. The Hall–Kier alpha value is -3.36. The van der Waals surface area contributed by atoms with Gasteiger partial charge in [0.05, 0.1) is 18.1 Å². The summed E-state index contributed by atoms with van der Waals surface area (Å²) in [5.41, 5.74) is 3.08. The number of benzene rings is 3. The van der Waals surface area contributed by atoms with Gasteiger partial charge in [-0.05, 0) is 48.0 Å². The molecular formula is C25H27N3O4S. The van der Waals surface area contributed by atoms with E-state index in [4.69, 9.17) is 4.74 Å². The average Bonchev–Trinajstić information content (AvgIpc) is 2.85. The molecule has 0 radical (unpaired) electrons. The van der Waals surface area contributed by atoms with Crippen LogP contribution in [0.1, 0.15) is 15.9 Å². The summed E-state index contributed by atoms with van der Waals surface area (Å²) in [4.78, 5) is 17.0. The molecule has 0 unspecified atom stereocenters. The van der Waals surface area contributed by atoms with Crippen molar-refractivity contribution >= 4 is 27.3 Å². The molecule has 172 valence electrons. The third kappa shape index (κ3) is 5.53. The lowest BCUT2D eigenvalue weighted by atomic mass is 10.1. The highest BCUT2D eigenvalue weighted by atomic mass is 32.2. The van der Waals surface area contributed by atoms with Crippen LogP contribution >= 0.6 is 0 Å². The van der Waals surface area contributed by atoms with E-state index in [0.29, 0.717) is 31.0 Å². The van der Waals surface area contributed by atoms with Gasteiger partial charge in [-0.3, -0.25) is 9.52 Å². The monoisotopic (exact) mass is 465 g/mol. The van der Waals surface area contributed by atoms with E-state index in [9.17, 15) is 13.2 Å². The first-order valence-electron chi connectivity index (χ1n) is 10.8. The fourth-order valence-corrected chi connectivity index (χ4v) is 4.86. The van der Waals surface area contributed by atoms with E-state index in [-0.39, 0.29) is 10.8 Å². The van der Waals surface area contributed by atoms with E-state index >= 15 is 0 Å². The van der Waals surface area contributed by atoms with Gasteiger partial charge in [0.1, 0.15) is 0 Å². The molecule has 1 heterocycles. The van der Waals surface area contributed by atoms with Crippen LogP contribution in [0.25, 0.3) is 0 Å². The number of anilines is 2. The van der Waals surface area contributed by atoms with Crippen molar-refractivity contribution in [1.29, 1.82) is 0 Å². The Kier molecular flexibility index (Phi) is 6.96. The third-order valence-corrected chi connectivity index (χ3v) is 6.93. The van der Waals surface area contributed by atoms with Gasteiger partial charge in [-0.2, -0.15) is 0 Å². The summed E-state index contributed by atoms with van der Waals surface area (Å²) in [5.74, 6) is -0.174. The Balaban J connectivity index is 1.45. The number of hydrogen-bond acceptors (Lipinski definition) is 5. The van der Waals surface area contributed by atoms with Crippen molar-refractivity contribution < 1.29 is 17.9 Å². The van der Waals surface area contributed by atoms with Crippen molar-refractivity contribution in [1.82, 2.24) is 4.90 Å². The van der Waals surface area contributed by atoms with Crippen LogP contribution in [0.15, 0.2) is 83.8 Å². The molecule has 1 fully saturated rings. The minimum absolute atomic E-state index is 0.100. The van der Waals surface area contributed by atoms with Crippen molar-refractivity contribution in [2.45, 2.75) is 11.4 Å². The molecule has 0 spiro atoms. The fraction of sp³-hybridized carbons (Fsp3) is 0.240. The third-order valence-electron chi connectivity index (χ3n) is 5.54. The largest absolute Gasteiger partial charge is 0.378 e. The van der Waals surface area contributed by atoms with Crippen LogP contribution in [0.2, 0.25) is 0 Å². The zero-order valence-electron chi connectivity index (χ0n) is 18.5. The van der Waals surface area contributed by atoms with Crippen molar-refractivity contribution in [3.05, 3.63) is 90.0 Å². The SMILES string of the molecule is CN(Cc1ccccc1N1CCOCC1)C(=O)c1ccc(S(=O)(=O)Nc2ccccc2)cc1. The molecule has 1 aliphatic rings. The zero-order chi connectivity index (χ0) is 23.3. The highest BCUT2D eigenvalue weighted by molar-refractivity contribution is 7.92. The number of nitrogens with zero attached hydrogens (tertiary/aromatic N) is 2. The van der Waals surface area contributed by atoms with Gasteiger partial charge in [-0.1, -0.05) is 36.4 Å². The molecule has 4 rings (SSSR count). The van der Waals surface area contributed by atoms with E-state index in [0.717, 1.165) is 24.3 Å². The molecule has 1 N–H and O–H groups in total. The van der Waals surface area contributed by atoms with Gasteiger partial charge in [0, 0.05) is 43.6 Å². The Morgan fingerprint density at radius 2 is 1.58 bits per heavy atom. The molecule has 0 atom stereocenters. The number of hydrogen-bond donors (Lipinski definition) is 1. The molecular weight excluding hydrogens is 438 g/mol. The highest BCUT2D eigenvalue weighted by Gasteiger charge is 2.19. The maximum Gasteiger partial charge on any atom is 0.261 e. The summed E-state index contributed by atoms with van der Waals surface area (Å²) in [6.07, 6.45) is 0. The van der Waals surface area contributed by atoms with Gasteiger partial charge in [-0.15, -0.1) is 0 Å². The quantitative estimate of drug-likeness (QED) is 0.577. The van der Waals surface area contributed by atoms with E-state index in [1.54, 1.807) is 48.3 Å². The van der Waals surface area contributed by atoms with Crippen molar-refractivity contribution in [2.24, 2.45) is 0 Å². The predicted octanol–water partition coefficient (Wildman–Crippen LogP) is 3.60. The van der Waals surface area contributed by atoms with Gasteiger partial charge >= 0.3 is 0 Å². The summed E-state index contributed by atoms with van der Waals surface area (Å²) in [6.45, 7) is 3.47. The normalized spacial score (nSPS) is 14.0. The minimum atomic E-state index is -3.73. The summed E-state index contributed by atoms with van der Waals surface area (Å²) in [5, 5.41) is 0. The van der Waals surface area contributed by atoms with Gasteiger partial charge in [0.25, 0.3) is 15.9 Å². The molecule has 1 saturated heterocycles. The lowest BCUT2D eigenvalue weighted by Gasteiger charge is -2.31. The number of rotatable bonds is 7. The fourth-order valence-electron chi connectivity index (χ4n) is 3.80. The van der Waals surface area contributed by atoms with Gasteiger partial charge in [0.2, 0.25) is 0 Å². The van der Waals surface area contributed by atoms with Crippen LogP contribution in [0.5, 0.6) is 0 Å². The number of amides is 1. The Bertz CT molecular complexity index is 1190. The second-order valence-electron chi connectivity index (χ2n) is 7.89. The Morgan fingerprint density at radius 3 is 2.27 bits per heavy atom. The summed E-state index contributed by atoms with van der Waals surface area (Å²) in [6, 6.07) is 22.7. The van der Waals surface area contributed by atoms with Crippen LogP contribution in [0.3, 0.4) is 0 Å². The van der Waals surface area contributed by atoms with Gasteiger partial charge in [0.15, 0.2) is 0 Å². The zero-order valence-corrected chi connectivity index (χ0v) is 19.3. The van der Waals surface area contributed by atoms with E-state index in [1.165, 1.54) is 12.1 Å². The number of nitrogens with one attached hydrogen (secondary N) is 1. The molecule has 7 nitrogen and oxygen atoms in total. The second kappa shape index (κ2) is 10.1. The van der Waals surface area contributed by atoms with Gasteiger partial charge < -0.3 is 14.5 Å². The number of sulfonamides is 1. The number of carbonyl (C=O) groups excluding carboxylic acids is 1. The smallest absolute Gasteiger partial charge is 0.261 e. The Labute approximate surface area is 194 Å². The van der Waals surface area contributed by atoms with Crippen molar-refractivity contribution in [3.8, 4) is 0 Å². The number of ether oxygens (including phenoxy) is 1. The van der Waals surface area contributed by atoms with E-state index in [2.05, 4.69) is 15.7 Å². The molecule has 0 bridgehead atoms. The van der Waals surface area contributed by atoms with Crippen molar-refractivity contribution in [3.63, 3.8) is 0 Å². The molecule has 3 aromatic carbocycles. The van der Waals surface area contributed by atoms with Crippen LogP contribution in [0, 0.1) is 0 Å². The topological polar surface area (TPSA) is 79.0 Å². The summed E-state index contributed by atoms with van der Waals surface area (Å²) in [7, 11) is -1.98. The first kappa shape index (κ1) is 22.8. The first-order chi connectivity index (χ1) is 15.9. The second-order valence-corrected chi connectivity index (χ2v) is 9.57. The Morgan fingerprint density at radius 1 is 0.939 bits per heavy atom. The molecule has 1 aliphatic heterocycles. The van der Waals surface area contributed by atoms with Crippen LogP contribution in [0.4, 0.5) is 11.4 Å². The number of carbonyl (C=O) groups is 1. The van der Waals surface area contributed by atoms with Crippen LogP contribution in [-0.2, 0) is 21.3 Å². The van der Waals surface area contributed by atoms with Crippen LogP contribution < -0.4 is 9.62 Å². The standard InChI is InChI=1S/C25H27N3O4S/c1-27(19-21-7-5-6-10-24(21)28-15-17-32-18-16-28)25(29)20-11-13-23(14-12-20)33(30,31)26-22-8-3-2-4-9-22/h2-14,26H,15-19H2,1H3. The maximum atomic E-state index is 13.0. The molecule has 33 heavy (non-hydrogen) atoms. The molecule has 0 saturated carbocycles. The molecule has 3 aromatic rings. The molecule has 8 heteroatoms. The first-order valence-corrected chi connectivity index (χ1v) is 12.3. The predicted molar refractivity (Wildman–Crippen MR) is 129 cm³/mol. The lowest BCUT2D eigenvalue weighted by molar-refractivity contribution is 0.0784. The molecule has 0 aliphatic carbocycles.